The van der Waals surface area contributed by atoms with Gasteiger partial charge in [0.2, 0.25) is 0 Å². The largest absolute Gasteiger partial charge is 0.374 e. The van der Waals surface area contributed by atoms with Crippen LogP contribution in [0, 0.1) is 0 Å². The molecular weight excluding hydrogens is 286 g/mol. The SMILES string of the molecule is C=CCCCN(C)C(=NC)NCc1cccc(COC(C)C)c1. The molecule has 0 heterocycles. The summed E-state index contributed by atoms with van der Waals surface area (Å²) in [6, 6.07) is 8.48. The molecule has 0 fully saturated rings. The second-order valence-electron chi connectivity index (χ2n) is 5.93. The summed E-state index contributed by atoms with van der Waals surface area (Å²) in [5.74, 6) is 0.915. The van der Waals surface area contributed by atoms with E-state index in [1.807, 2.05) is 13.1 Å². The fourth-order valence-electron chi connectivity index (χ4n) is 2.24. The van der Waals surface area contributed by atoms with Crippen molar-refractivity contribution in [2.24, 2.45) is 4.99 Å². The summed E-state index contributed by atoms with van der Waals surface area (Å²) >= 11 is 0. The maximum Gasteiger partial charge on any atom is 0.193 e. The first-order valence-corrected chi connectivity index (χ1v) is 8.29. The molecule has 1 aromatic rings. The molecule has 1 aromatic carbocycles. The van der Waals surface area contributed by atoms with Gasteiger partial charge in [0.1, 0.15) is 0 Å². The lowest BCUT2D eigenvalue weighted by Gasteiger charge is -2.22. The number of rotatable bonds is 9. The molecule has 0 aliphatic carbocycles. The predicted octanol–water partition coefficient (Wildman–Crippen LogP) is 3.59. The van der Waals surface area contributed by atoms with Crippen molar-refractivity contribution >= 4 is 5.96 Å². The first-order chi connectivity index (χ1) is 11.1. The van der Waals surface area contributed by atoms with Gasteiger partial charge in [-0.2, -0.15) is 0 Å². The van der Waals surface area contributed by atoms with Gasteiger partial charge in [0.05, 0.1) is 12.7 Å². The van der Waals surface area contributed by atoms with Gasteiger partial charge in [0.25, 0.3) is 0 Å². The highest BCUT2D eigenvalue weighted by atomic mass is 16.5. The summed E-state index contributed by atoms with van der Waals surface area (Å²) in [6.45, 7) is 10.2. The van der Waals surface area contributed by atoms with Crippen LogP contribution in [0.1, 0.15) is 37.8 Å². The van der Waals surface area contributed by atoms with Gasteiger partial charge in [0.15, 0.2) is 5.96 Å². The third-order valence-corrected chi connectivity index (χ3v) is 3.50. The zero-order chi connectivity index (χ0) is 17.1. The van der Waals surface area contributed by atoms with Crippen LogP contribution < -0.4 is 5.32 Å². The molecule has 0 unspecified atom stereocenters. The Morgan fingerprint density at radius 2 is 2.13 bits per heavy atom. The molecule has 0 aromatic heterocycles. The molecule has 0 saturated heterocycles. The number of allylic oxidation sites excluding steroid dienone is 1. The maximum atomic E-state index is 5.66. The Bertz CT molecular complexity index is 497. The third kappa shape index (κ3) is 7.84. The normalized spacial score (nSPS) is 11.6. The van der Waals surface area contributed by atoms with E-state index in [2.05, 4.69) is 66.9 Å². The van der Waals surface area contributed by atoms with Crippen molar-refractivity contribution in [1.82, 2.24) is 10.2 Å². The minimum Gasteiger partial charge on any atom is -0.374 e. The number of aliphatic imine (C=N–C) groups is 1. The number of guanidine groups is 1. The molecular formula is C19H31N3O. The zero-order valence-electron chi connectivity index (χ0n) is 15.0. The van der Waals surface area contributed by atoms with Gasteiger partial charge in [-0.25, -0.2) is 0 Å². The highest BCUT2D eigenvalue weighted by Crippen LogP contribution is 2.08. The molecule has 0 aliphatic rings. The van der Waals surface area contributed by atoms with Crippen LogP contribution in [0.25, 0.3) is 0 Å². The van der Waals surface area contributed by atoms with Gasteiger partial charge in [0, 0.05) is 27.2 Å². The van der Waals surface area contributed by atoms with E-state index in [1.54, 1.807) is 0 Å². The van der Waals surface area contributed by atoms with Gasteiger partial charge < -0.3 is 15.0 Å². The fourth-order valence-corrected chi connectivity index (χ4v) is 2.24. The first-order valence-electron chi connectivity index (χ1n) is 8.29. The van der Waals surface area contributed by atoms with Gasteiger partial charge in [-0.15, -0.1) is 6.58 Å². The first kappa shape index (κ1) is 19.2. The van der Waals surface area contributed by atoms with Crippen molar-refractivity contribution < 1.29 is 4.74 Å². The number of ether oxygens (including phenoxy) is 1. The highest BCUT2D eigenvalue weighted by Gasteiger charge is 2.05. The lowest BCUT2D eigenvalue weighted by atomic mass is 10.1. The zero-order valence-corrected chi connectivity index (χ0v) is 15.0. The molecule has 0 radical (unpaired) electrons. The van der Waals surface area contributed by atoms with E-state index in [1.165, 1.54) is 11.1 Å². The minimum absolute atomic E-state index is 0.250. The Labute approximate surface area is 141 Å². The Hall–Kier alpha value is -1.81. The average Bonchev–Trinajstić information content (AvgIpc) is 2.54. The topological polar surface area (TPSA) is 36.9 Å². The summed E-state index contributed by atoms with van der Waals surface area (Å²) in [7, 11) is 3.88. The molecule has 0 bridgehead atoms. The number of nitrogens with one attached hydrogen (secondary N) is 1. The highest BCUT2D eigenvalue weighted by molar-refractivity contribution is 5.79. The molecule has 0 spiro atoms. The van der Waals surface area contributed by atoms with Crippen LogP contribution in [0.3, 0.4) is 0 Å². The monoisotopic (exact) mass is 317 g/mol. The maximum absolute atomic E-state index is 5.66. The van der Waals surface area contributed by atoms with E-state index < -0.39 is 0 Å². The Balaban J connectivity index is 2.51. The van der Waals surface area contributed by atoms with Crippen LogP contribution in [0.15, 0.2) is 41.9 Å². The van der Waals surface area contributed by atoms with Crippen LogP contribution in [0.4, 0.5) is 0 Å². The number of hydrogen-bond acceptors (Lipinski definition) is 2. The lowest BCUT2D eigenvalue weighted by molar-refractivity contribution is 0.0657. The summed E-state index contributed by atoms with van der Waals surface area (Å²) in [5.41, 5.74) is 2.43. The van der Waals surface area contributed by atoms with Gasteiger partial charge in [-0.1, -0.05) is 30.3 Å². The van der Waals surface area contributed by atoms with Gasteiger partial charge >= 0.3 is 0 Å². The molecule has 0 atom stereocenters. The second kappa shape index (κ2) is 10.8. The molecule has 128 valence electrons. The van der Waals surface area contributed by atoms with Crippen LogP contribution in [-0.4, -0.2) is 37.6 Å². The van der Waals surface area contributed by atoms with Crippen LogP contribution in [0.2, 0.25) is 0 Å². The van der Waals surface area contributed by atoms with Gasteiger partial charge in [-0.05, 0) is 37.8 Å². The number of unbranched alkanes of at least 4 members (excludes halogenated alkanes) is 1. The number of nitrogens with zero attached hydrogens (tertiary/aromatic N) is 2. The molecule has 0 aliphatic heterocycles. The molecule has 1 rings (SSSR count). The van der Waals surface area contributed by atoms with Crippen LogP contribution in [-0.2, 0) is 17.9 Å². The van der Waals surface area contributed by atoms with Crippen molar-refractivity contribution in [1.29, 1.82) is 0 Å². The van der Waals surface area contributed by atoms with E-state index in [0.29, 0.717) is 6.61 Å². The Kier molecular flexibility index (Phi) is 9.07. The predicted molar refractivity (Wildman–Crippen MR) is 98.6 cm³/mol. The van der Waals surface area contributed by atoms with Crippen molar-refractivity contribution in [2.45, 2.75) is 45.9 Å². The van der Waals surface area contributed by atoms with Crippen molar-refractivity contribution in [2.75, 3.05) is 20.6 Å². The summed E-state index contributed by atoms with van der Waals surface area (Å²) in [6.07, 6.45) is 4.32. The molecule has 0 amide bonds. The summed E-state index contributed by atoms with van der Waals surface area (Å²) in [4.78, 5) is 6.49. The Morgan fingerprint density at radius 1 is 1.39 bits per heavy atom. The molecule has 4 heteroatoms. The van der Waals surface area contributed by atoms with Crippen molar-refractivity contribution in [3.05, 3.63) is 48.0 Å². The Morgan fingerprint density at radius 3 is 2.78 bits per heavy atom. The molecule has 1 N–H and O–H groups in total. The lowest BCUT2D eigenvalue weighted by Crippen LogP contribution is -2.38. The van der Waals surface area contributed by atoms with Gasteiger partial charge in [-0.3, -0.25) is 4.99 Å². The fraction of sp³-hybridized carbons (Fsp3) is 0.526. The van der Waals surface area contributed by atoms with E-state index in [0.717, 1.165) is 31.9 Å². The van der Waals surface area contributed by atoms with E-state index in [-0.39, 0.29) is 6.10 Å². The standard InChI is InChI=1S/C19H31N3O/c1-6-7-8-12-22(5)19(20-4)21-14-17-10-9-11-18(13-17)15-23-16(2)3/h6,9-11,13,16H,1,7-8,12,14-15H2,2-5H3,(H,20,21). The van der Waals surface area contributed by atoms with E-state index in [9.17, 15) is 0 Å². The number of benzene rings is 1. The smallest absolute Gasteiger partial charge is 0.193 e. The quantitative estimate of drug-likeness (QED) is 0.327. The summed E-state index contributed by atoms with van der Waals surface area (Å²) < 4.78 is 5.66. The molecule has 0 saturated carbocycles. The molecule has 23 heavy (non-hydrogen) atoms. The molecule has 4 nitrogen and oxygen atoms in total. The van der Waals surface area contributed by atoms with E-state index >= 15 is 0 Å². The van der Waals surface area contributed by atoms with Crippen molar-refractivity contribution in [3.8, 4) is 0 Å². The average molecular weight is 317 g/mol. The second-order valence-corrected chi connectivity index (χ2v) is 5.93. The van der Waals surface area contributed by atoms with Crippen LogP contribution >= 0.6 is 0 Å². The number of hydrogen-bond donors (Lipinski definition) is 1. The minimum atomic E-state index is 0.250. The van der Waals surface area contributed by atoms with Crippen LogP contribution in [0.5, 0.6) is 0 Å². The van der Waals surface area contributed by atoms with Crippen molar-refractivity contribution in [3.63, 3.8) is 0 Å². The third-order valence-electron chi connectivity index (χ3n) is 3.50. The van der Waals surface area contributed by atoms with E-state index in [4.69, 9.17) is 4.74 Å². The summed E-state index contributed by atoms with van der Waals surface area (Å²) in [5, 5.41) is 3.41.